The van der Waals surface area contributed by atoms with Gasteiger partial charge in [-0.05, 0) is 69.1 Å². The average Bonchev–Trinajstić information content (AvgIpc) is 3.21. The average molecular weight is 464 g/mol. The summed E-state index contributed by atoms with van der Waals surface area (Å²) in [7, 11) is 0. The maximum atomic E-state index is 12.8. The van der Waals surface area contributed by atoms with Crippen LogP contribution < -0.4 is 10.1 Å². The fourth-order valence-corrected chi connectivity index (χ4v) is 4.66. The number of amides is 1. The monoisotopic (exact) mass is 463 g/mol. The van der Waals surface area contributed by atoms with Gasteiger partial charge in [-0.2, -0.15) is 5.26 Å². The summed E-state index contributed by atoms with van der Waals surface area (Å²) in [6.45, 7) is 6.33. The highest BCUT2D eigenvalue weighted by Crippen LogP contribution is 2.30. The highest BCUT2D eigenvalue weighted by Gasteiger charge is 2.29. The number of anilines is 1. The van der Waals surface area contributed by atoms with Crippen LogP contribution in [-0.2, 0) is 16.1 Å². The third-order valence-corrected chi connectivity index (χ3v) is 6.63. The second-order valence-corrected chi connectivity index (χ2v) is 8.72. The number of fused-ring (bicyclic) bond motifs is 1. The molecule has 4 rings (SSSR count). The van der Waals surface area contributed by atoms with Crippen molar-refractivity contribution in [3.63, 3.8) is 0 Å². The minimum absolute atomic E-state index is 0.0495. The van der Waals surface area contributed by atoms with Crippen molar-refractivity contribution in [2.45, 2.75) is 39.4 Å². The van der Waals surface area contributed by atoms with Crippen molar-refractivity contribution in [1.29, 1.82) is 5.26 Å². The highest BCUT2D eigenvalue weighted by molar-refractivity contribution is 5.94. The maximum absolute atomic E-state index is 12.8. The lowest BCUT2D eigenvalue weighted by Gasteiger charge is -2.33. The molecule has 0 aliphatic carbocycles. The predicted octanol–water partition coefficient (Wildman–Crippen LogP) is 3.32. The van der Waals surface area contributed by atoms with Crippen LogP contribution in [0.1, 0.15) is 58.5 Å². The van der Waals surface area contributed by atoms with E-state index in [0.717, 1.165) is 16.7 Å². The van der Waals surface area contributed by atoms with E-state index in [4.69, 9.17) is 9.47 Å². The molecule has 8 nitrogen and oxygen atoms in total. The van der Waals surface area contributed by atoms with Crippen molar-refractivity contribution in [2.75, 3.05) is 31.6 Å². The van der Waals surface area contributed by atoms with Gasteiger partial charge in [0, 0.05) is 29.8 Å². The van der Waals surface area contributed by atoms with Crippen LogP contribution >= 0.6 is 0 Å². The van der Waals surface area contributed by atoms with E-state index in [1.807, 2.05) is 13.8 Å². The number of nitrogens with one attached hydrogen (secondary N) is 1. The molecular weight excluding hydrogens is 434 g/mol. The van der Waals surface area contributed by atoms with E-state index in [-0.39, 0.29) is 24.4 Å². The molecule has 1 saturated heterocycles. The zero-order valence-corrected chi connectivity index (χ0v) is 19.5. The zero-order chi connectivity index (χ0) is 24.2. The molecule has 34 heavy (non-hydrogen) atoms. The van der Waals surface area contributed by atoms with Gasteiger partial charge in [-0.1, -0.05) is 6.07 Å². The summed E-state index contributed by atoms with van der Waals surface area (Å²) in [5.74, 6) is -0.0186. The van der Waals surface area contributed by atoms with Crippen LogP contribution in [0.25, 0.3) is 0 Å². The standard InChI is InChI=1S/C26H29N3O5/c1-3-33-24-12-19(5-4-18(24)13-27)28-25(31)17-8-10-29(11-9-17)14-23(30)20-6-7-21-22(16(20)2)15-34-26(21)32/h4-7,12,17,23,30H,3,8-11,14-15H2,1-2H3,(H,28,31). The van der Waals surface area contributed by atoms with Gasteiger partial charge in [-0.3, -0.25) is 4.79 Å². The van der Waals surface area contributed by atoms with Crippen molar-refractivity contribution < 1.29 is 24.2 Å². The molecule has 2 heterocycles. The molecule has 2 aromatic rings. The summed E-state index contributed by atoms with van der Waals surface area (Å²) in [6.07, 6.45) is 0.708. The van der Waals surface area contributed by atoms with Crippen molar-refractivity contribution in [3.05, 3.63) is 58.1 Å². The van der Waals surface area contributed by atoms with Gasteiger partial charge in [-0.25, -0.2) is 4.79 Å². The first-order valence-corrected chi connectivity index (χ1v) is 11.6. The Morgan fingerprint density at radius 3 is 2.79 bits per heavy atom. The molecular formula is C26H29N3O5. The van der Waals surface area contributed by atoms with E-state index >= 15 is 0 Å². The molecule has 1 amide bonds. The molecule has 0 saturated carbocycles. The number of hydrogen-bond acceptors (Lipinski definition) is 7. The Morgan fingerprint density at radius 2 is 2.09 bits per heavy atom. The van der Waals surface area contributed by atoms with Crippen LogP contribution in [0.2, 0.25) is 0 Å². The Morgan fingerprint density at radius 1 is 1.32 bits per heavy atom. The summed E-state index contributed by atoms with van der Waals surface area (Å²) in [5.41, 5.74) is 4.19. The largest absolute Gasteiger partial charge is 0.492 e. The van der Waals surface area contributed by atoms with Gasteiger partial charge < -0.3 is 24.8 Å². The number of benzene rings is 2. The molecule has 0 bridgehead atoms. The highest BCUT2D eigenvalue weighted by atomic mass is 16.5. The number of esters is 1. The number of hydrogen-bond donors (Lipinski definition) is 2. The second-order valence-electron chi connectivity index (χ2n) is 8.72. The fraction of sp³-hybridized carbons (Fsp3) is 0.423. The van der Waals surface area contributed by atoms with Gasteiger partial charge >= 0.3 is 5.97 Å². The molecule has 0 aromatic heterocycles. The van der Waals surface area contributed by atoms with Gasteiger partial charge in [0.15, 0.2) is 0 Å². The van der Waals surface area contributed by atoms with Gasteiger partial charge in [0.2, 0.25) is 5.91 Å². The topological polar surface area (TPSA) is 112 Å². The number of carbonyl (C=O) groups is 2. The Kier molecular flexibility index (Phi) is 7.15. The number of ether oxygens (including phenoxy) is 2. The lowest BCUT2D eigenvalue weighted by atomic mass is 9.93. The predicted molar refractivity (Wildman–Crippen MR) is 125 cm³/mol. The second kappa shape index (κ2) is 10.2. The molecule has 2 aliphatic heterocycles. The quantitative estimate of drug-likeness (QED) is 0.606. The van der Waals surface area contributed by atoms with Crippen LogP contribution in [0.5, 0.6) is 5.75 Å². The Hall–Kier alpha value is -3.41. The lowest BCUT2D eigenvalue weighted by molar-refractivity contribution is -0.121. The molecule has 2 aromatic carbocycles. The zero-order valence-electron chi connectivity index (χ0n) is 19.5. The summed E-state index contributed by atoms with van der Waals surface area (Å²) >= 11 is 0. The maximum Gasteiger partial charge on any atom is 0.338 e. The van der Waals surface area contributed by atoms with E-state index in [0.29, 0.717) is 61.6 Å². The smallest absolute Gasteiger partial charge is 0.338 e. The van der Waals surface area contributed by atoms with Crippen molar-refractivity contribution in [3.8, 4) is 11.8 Å². The van der Waals surface area contributed by atoms with E-state index < -0.39 is 6.10 Å². The molecule has 1 unspecified atom stereocenters. The number of rotatable bonds is 7. The minimum atomic E-state index is -0.679. The Balaban J connectivity index is 1.31. The lowest BCUT2D eigenvalue weighted by Crippen LogP contribution is -2.40. The summed E-state index contributed by atoms with van der Waals surface area (Å²) < 4.78 is 10.6. The number of likely N-dealkylation sites (tertiary alicyclic amines) is 1. The van der Waals surface area contributed by atoms with Crippen LogP contribution in [-0.4, -0.2) is 48.1 Å². The number of carbonyl (C=O) groups excluding carboxylic acids is 2. The van der Waals surface area contributed by atoms with Gasteiger partial charge in [-0.15, -0.1) is 0 Å². The number of β-amino-alcohol motifs (C(OH)–C–C–N with tert-alkyl or cyclic N) is 1. The number of nitriles is 1. The first-order chi connectivity index (χ1) is 16.4. The SMILES string of the molecule is CCOc1cc(NC(=O)C2CCN(CC(O)c3ccc4c(c3C)COC4=O)CC2)ccc1C#N. The number of aliphatic hydroxyl groups is 1. The molecule has 1 fully saturated rings. The normalized spacial score (nSPS) is 16.9. The minimum Gasteiger partial charge on any atom is -0.492 e. The molecule has 0 radical (unpaired) electrons. The molecule has 0 spiro atoms. The van der Waals surface area contributed by atoms with Crippen molar-refractivity contribution >= 4 is 17.6 Å². The molecule has 2 N–H and O–H groups in total. The molecule has 8 heteroatoms. The van der Waals surface area contributed by atoms with Gasteiger partial charge in [0.1, 0.15) is 18.4 Å². The Bertz CT molecular complexity index is 1130. The summed E-state index contributed by atoms with van der Waals surface area (Å²) in [5, 5.41) is 23.0. The molecule has 178 valence electrons. The first kappa shape index (κ1) is 23.7. The summed E-state index contributed by atoms with van der Waals surface area (Å²) in [6, 6.07) is 10.7. The molecule has 1 atom stereocenters. The number of piperidine rings is 1. The van der Waals surface area contributed by atoms with E-state index in [2.05, 4.69) is 16.3 Å². The third-order valence-electron chi connectivity index (χ3n) is 6.63. The third kappa shape index (κ3) is 4.91. The van der Waals surface area contributed by atoms with Crippen LogP contribution in [0.15, 0.2) is 30.3 Å². The summed E-state index contributed by atoms with van der Waals surface area (Å²) in [4.78, 5) is 26.7. The van der Waals surface area contributed by atoms with Gasteiger partial charge in [0.25, 0.3) is 0 Å². The van der Waals surface area contributed by atoms with Crippen LogP contribution in [0, 0.1) is 24.2 Å². The number of aliphatic hydroxyl groups excluding tert-OH is 1. The first-order valence-electron chi connectivity index (χ1n) is 11.6. The van der Waals surface area contributed by atoms with Crippen molar-refractivity contribution in [2.24, 2.45) is 5.92 Å². The van der Waals surface area contributed by atoms with Gasteiger partial charge in [0.05, 0.1) is 23.8 Å². The number of nitrogens with zero attached hydrogens (tertiary/aromatic N) is 2. The number of cyclic esters (lactones) is 1. The van der Waals surface area contributed by atoms with E-state index in [9.17, 15) is 20.0 Å². The Labute approximate surface area is 199 Å². The van der Waals surface area contributed by atoms with Crippen molar-refractivity contribution in [1.82, 2.24) is 4.90 Å². The van der Waals surface area contributed by atoms with E-state index in [1.165, 1.54) is 0 Å². The fourth-order valence-electron chi connectivity index (χ4n) is 4.66. The van der Waals surface area contributed by atoms with E-state index in [1.54, 1.807) is 30.3 Å². The molecule has 2 aliphatic rings. The van der Waals surface area contributed by atoms with Crippen LogP contribution in [0.4, 0.5) is 5.69 Å². The van der Waals surface area contributed by atoms with Crippen LogP contribution in [0.3, 0.4) is 0 Å².